The zero-order valence-electron chi connectivity index (χ0n) is 18.4. The zero-order chi connectivity index (χ0) is 23.4. The van der Waals surface area contributed by atoms with Crippen LogP contribution < -0.4 is 9.47 Å². The molecule has 0 bridgehead atoms. The first-order chi connectivity index (χ1) is 16.0. The number of carbonyl (C=O) groups excluding carboxylic acids is 2. The molecule has 0 spiro atoms. The number of rotatable bonds is 7. The third-order valence-corrected chi connectivity index (χ3v) is 5.49. The summed E-state index contributed by atoms with van der Waals surface area (Å²) in [6, 6.07) is 16.7. The van der Waals surface area contributed by atoms with Gasteiger partial charge in [-0.3, -0.25) is 14.6 Å². The van der Waals surface area contributed by atoms with Crippen molar-refractivity contribution >= 4 is 17.4 Å². The number of Topliss-reactive ketones (excluding diaryl/α,β-unsaturated/α-hetero) is 1. The molecule has 0 radical (unpaired) electrons. The topological polar surface area (TPSA) is 89.0 Å². The third kappa shape index (κ3) is 4.43. The van der Waals surface area contributed by atoms with Gasteiger partial charge < -0.3 is 19.5 Å². The molecular weight excluding hydrogens is 420 g/mol. The Balaban J connectivity index is 1.83. The summed E-state index contributed by atoms with van der Waals surface area (Å²) in [5.74, 6) is -0.406. The molecule has 1 aromatic heterocycles. The number of ether oxygens (including phenoxy) is 2. The number of methoxy groups -OCH3 is 1. The number of aliphatic hydroxyl groups excluding tert-OH is 1. The van der Waals surface area contributed by atoms with E-state index in [1.165, 1.54) is 4.90 Å². The molecule has 7 nitrogen and oxygen atoms in total. The molecule has 1 atom stereocenters. The lowest BCUT2D eigenvalue weighted by molar-refractivity contribution is -0.140. The number of likely N-dealkylation sites (tertiary alicyclic amines) is 1. The van der Waals surface area contributed by atoms with Crippen molar-refractivity contribution in [3.05, 3.63) is 95.3 Å². The second-order valence-corrected chi connectivity index (χ2v) is 7.52. The lowest BCUT2D eigenvalue weighted by Gasteiger charge is -2.25. The molecule has 7 heteroatoms. The van der Waals surface area contributed by atoms with Crippen molar-refractivity contribution in [3.63, 3.8) is 0 Å². The van der Waals surface area contributed by atoms with Gasteiger partial charge in [0.25, 0.3) is 11.7 Å². The highest BCUT2D eigenvalue weighted by molar-refractivity contribution is 6.46. The Hall–Kier alpha value is -4.13. The standard InChI is InChI=1S/C26H24N2O5/c1-3-33-20-9-7-18(8-10-20)24(29)22-23(19-5-4-6-21(15-19)32-2)28(26(31)25(22)30)16-17-11-13-27-14-12-17/h4-15,23,29H,3,16H2,1-2H3/b24-22-. The number of aromatic nitrogens is 1. The Morgan fingerprint density at radius 3 is 2.42 bits per heavy atom. The summed E-state index contributed by atoms with van der Waals surface area (Å²) in [5, 5.41) is 11.2. The van der Waals surface area contributed by atoms with Crippen molar-refractivity contribution in [2.75, 3.05) is 13.7 Å². The van der Waals surface area contributed by atoms with Gasteiger partial charge in [0.1, 0.15) is 17.3 Å². The molecule has 168 valence electrons. The zero-order valence-corrected chi connectivity index (χ0v) is 18.4. The van der Waals surface area contributed by atoms with E-state index in [0.29, 0.717) is 29.2 Å². The number of aliphatic hydroxyl groups is 1. The highest BCUT2D eigenvalue weighted by atomic mass is 16.5. The Labute approximate surface area is 191 Å². The Kier molecular flexibility index (Phi) is 6.40. The predicted molar refractivity (Wildman–Crippen MR) is 123 cm³/mol. The van der Waals surface area contributed by atoms with E-state index in [1.807, 2.05) is 13.0 Å². The van der Waals surface area contributed by atoms with Crippen LogP contribution in [0.4, 0.5) is 0 Å². The minimum Gasteiger partial charge on any atom is -0.507 e. The summed E-state index contributed by atoms with van der Waals surface area (Å²) in [5.41, 5.74) is 1.94. The number of nitrogens with zero attached hydrogens (tertiary/aromatic N) is 2. The van der Waals surface area contributed by atoms with E-state index < -0.39 is 17.7 Å². The minimum atomic E-state index is -0.778. The lowest BCUT2D eigenvalue weighted by atomic mass is 9.95. The fourth-order valence-electron chi connectivity index (χ4n) is 3.92. The quantitative estimate of drug-likeness (QED) is 0.335. The number of hydrogen-bond acceptors (Lipinski definition) is 6. The first-order valence-electron chi connectivity index (χ1n) is 10.6. The maximum atomic E-state index is 13.2. The van der Waals surface area contributed by atoms with Crippen molar-refractivity contribution in [1.82, 2.24) is 9.88 Å². The van der Waals surface area contributed by atoms with Crippen LogP contribution in [0.5, 0.6) is 11.5 Å². The summed E-state index contributed by atoms with van der Waals surface area (Å²) in [6.45, 7) is 2.59. The van der Waals surface area contributed by atoms with Gasteiger partial charge in [0.15, 0.2) is 0 Å². The second kappa shape index (κ2) is 9.56. The summed E-state index contributed by atoms with van der Waals surface area (Å²) >= 11 is 0. The maximum Gasteiger partial charge on any atom is 0.295 e. The molecule has 1 amide bonds. The van der Waals surface area contributed by atoms with E-state index >= 15 is 0 Å². The lowest BCUT2D eigenvalue weighted by Crippen LogP contribution is -2.29. The normalized spacial score (nSPS) is 17.3. The van der Waals surface area contributed by atoms with Gasteiger partial charge in [-0.05, 0) is 66.6 Å². The molecule has 1 aliphatic rings. The van der Waals surface area contributed by atoms with Gasteiger partial charge in [0, 0.05) is 24.5 Å². The number of amides is 1. The van der Waals surface area contributed by atoms with Crippen LogP contribution in [0.1, 0.15) is 29.7 Å². The van der Waals surface area contributed by atoms with Crippen LogP contribution in [0.15, 0.2) is 78.6 Å². The summed E-state index contributed by atoms with van der Waals surface area (Å²) in [7, 11) is 1.55. The molecule has 2 aromatic carbocycles. The smallest absolute Gasteiger partial charge is 0.295 e. The molecular formula is C26H24N2O5. The summed E-state index contributed by atoms with van der Waals surface area (Å²) < 4.78 is 10.8. The molecule has 1 aliphatic heterocycles. The third-order valence-electron chi connectivity index (χ3n) is 5.49. The highest BCUT2D eigenvalue weighted by Gasteiger charge is 2.46. The van der Waals surface area contributed by atoms with Gasteiger partial charge in [-0.1, -0.05) is 12.1 Å². The highest BCUT2D eigenvalue weighted by Crippen LogP contribution is 2.41. The molecule has 33 heavy (non-hydrogen) atoms. The number of carbonyl (C=O) groups is 2. The number of hydrogen-bond donors (Lipinski definition) is 1. The largest absolute Gasteiger partial charge is 0.507 e. The number of pyridine rings is 1. The summed E-state index contributed by atoms with van der Waals surface area (Å²) in [4.78, 5) is 31.7. The first kappa shape index (κ1) is 22.1. The van der Waals surface area contributed by atoms with E-state index in [2.05, 4.69) is 4.98 Å². The summed E-state index contributed by atoms with van der Waals surface area (Å²) in [6.07, 6.45) is 3.26. The Morgan fingerprint density at radius 1 is 1.03 bits per heavy atom. The fraction of sp³-hybridized carbons (Fsp3) is 0.192. The van der Waals surface area contributed by atoms with Crippen LogP contribution >= 0.6 is 0 Å². The van der Waals surface area contributed by atoms with Crippen molar-refractivity contribution in [1.29, 1.82) is 0 Å². The second-order valence-electron chi connectivity index (χ2n) is 7.52. The Bertz CT molecular complexity index is 1190. The van der Waals surface area contributed by atoms with Crippen LogP contribution in [-0.2, 0) is 16.1 Å². The van der Waals surface area contributed by atoms with Crippen molar-refractivity contribution in [3.8, 4) is 11.5 Å². The predicted octanol–water partition coefficient (Wildman–Crippen LogP) is 4.11. The SMILES string of the molecule is CCOc1ccc(/C(O)=C2/C(=O)C(=O)N(Cc3ccncc3)C2c2cccc(OC)c2)cc1. The molecule has 1 fully saturated rings. The number of benzene rings is 2. The average Bonchev–Trinajstić information content (AvgIpc) is 3.10. The van der Waals surface area contributed by atoms with Gasteiger partial charge in [0.05, 0.1) is 25.3 Å². The van der Waals surface area contributed by atoms with Crippen molar-refractivity contribution < 1.29 is 24.2 Å². The monoisotopic (exact) mass is 444 g/mol. The first-order valence-corrected chi connectivity index (χ1v) is 10.6. The molecule has 1 N–H and O–H groups in total. The maximum absolute atomic E-state index is 13.2. The van der Waals surface area contributed by atoms with Gasteiger partial charge in [-0.15, -0.1) is 0 Å². The van der Waals surface area contributed by atoms with Crippen molar-refractivity contribution in [2.45, 2.75) is 19.5 Å². The van der Waals surface area contributed by atoms with Gasteiger partial charge in [-0.2, -0.15) is 0 Å². The minimum absolute atomic E-state index is 0.0338. The molecule has 1 saturated heterocycles. The van der Waals surface area contributed by atoms with Crippen LogP contribution in [-0.4, -0.2) is 40.4 Å². The number of ketones is 1. The fourth-order valence-corrected chi connectivity index (χ4v) is 3.92. The van der Waals surface area contributed by atoms with Crippen molar-refractivity contribution in [2.24, 2.45) is 0 Å². The van der Waals surface area contributed by atoms with E-state index in [1.54, 1.807) is 74.1 Å². The van der Waals surface area contributed by atoms with Crippen LogP contribution in [0.3, 0.4) is 0 Å². The molecule has 1 unspecified atom stereocenters. The van der Waals surface area contributed by atoms with Crippen LogP contribution in [0, 0.1) is 0 Å². The van der Waals surface area contributed by atoms with E-state index in [0.717, 1.165) is 5.56 Å². The molecule has 2 heterocycles. The molecule has 0 aliphatic carbocycles. The molecule has 3 aromatic rings. The van der Waals surface area contributed by atoms with Crippen LogP contribution in [0.25, 0.3) is 5.76 Å². The van der Waals surface area contributed by atoms with Gasteiger partial charge in [-0.25, -0.2) is 0 Å². The Morgan fingerprint density at radius 2 is 1.76 bits per heavy atom. The van der Waals surface area contributed by atoms with Gasteiger partial charge in [0.2, 0.25) is 0 Å². The van der Waals surface area contributed by atoms with E-state index in [4.69, 9.17) is 9.47 Å². The molecule has 4 rings (SSSR count). The van der Waals surface area contributed by atoms with E-state index in [9.17, 15) is 14.7 Å². The van der Waals surface area contributed by atoms with Gasteiger partial charge >= 0.3 is 0 Å². The molecule has 0 saturated carbocycles. The van der Waals surface area contributed by atoms with Crippen LogP contribution in [0.2, 0.25) is 0 Å². The van der Waals surface area contributed by atoms with E-state index in [-0.39, 0.29) is 17.9 Å². The average molecular weight is 444 g/mol.